The van der Waals surface area contributed by atoms with Crippen molar-refractivity contribution in [2.45, 2.75) is 24.7 Å². The quantitative estimate of drug-likeness (QED) is 0.440. The van der Waals surface area contributed by atoms with Crippen LogP contribution < -0.4 is 10.3 Å². The lowest BCUT2D eigenvalue weighted by atomic mass is 10.2. The molecule has 1 atom stereocenters. The lowest BCUT2D eigenvalue weighted by Gasteiger charge is -2.16. The van der Waals surface area contributed by atoms with Crippen LogP contribution in [0.4, 0.5) is 0 Å². The van der Waals surface area contributed by atoms with Crippen LogP contribution in [-0.2, 0) is 11.3 Å². The molecular formula is C21H24N2O4S. The maximum absolute atomic E-state index is 12.8. The first-order valence-electron chi connectivity index (χ1n) is 9.08. The van der Waals surface area contributed by atoms with Crippen LogP contribution >= 0.6 is 11.8 Å². The molecule has 1 aromatic heterocycles. The van der Waals surface area contributed by atoms with Gasteiger partial charge in [-0.25, -0.2) is 4.98 Å². The summed E-state index contributed by atoms with van der Waals surface area (Å²) in [5.41, 5.74) is 1.57. The maximum Gasteiger partial charge on any atom is 0.262 e. The lowest BCUT2D eigenvalue weighted by molar-refractivity contribution is 0.126. The average Bonchev–Trinajstić information content (AvgIpc) is 2.71. The fourth-order valence-electron chi connectivity index (χ4n) is 2.76. The summed E-state index contributed by atoms with van der Waals surface area (Å²) >= 11 is 1.34. The van der Waals surface area contributed by atoms with Crippen molar-refractivity contribution in [1.82, 2.24) is 9.55 Å². The number of hydrogen-bond acceptors (Lipinski definition) is 6. The molecule has 0 unspecified atom stereocenters. The fourth-order valence-corrected chi connectivity index (χ4v) is 3.69. The molecule has 6 nitrogen and oxygen atoms in total. The molecule has 0 fully saturated rings. The van der Waals surface area contributed by atoms with Gasteiger partial charge in [0.2, 0.25) is 0 Å². The van der Waals surface area contributed by atoms with Crippen molar-refractivity contribution >= 4 is 22.7 Å². The Morgan fingerprint density at radius 3 is 2.71 bits per heavy atom. The van der Waals surface area contributed by atoms with Crippen LogP contribution in [0.5, 0.6) is 5.75 Å². The van der Waals surface area contributed by atoms with Crippen molar-refractivity contribution < 1.29 is 14.6 Å². The van der Waals surface area contributed by atoms with E-state index in [9.17, 15) is 9.90 Å². The van der Waals surface area contributed by atoms with Gasteiger partial charge in [0.25, 0.3) is 5.56 Å². The molecule has 148 valence electrons. The third kappa shape index (κ3) is 4.92. The number of aliphatic hydroxyl groups is 1. The Hall–Kier alpha value is -2.35. The molecule has 7 heteroatoms. The minimum absolute atomic E-state index is 0.101. The second-order valence-electron chi connectivity index (χ2n) is 6.40. The fraction of sp³-hybridized carbons (Fsp3) is 0.333. The Morgan fingerprint density at radius 2 is 1.93 bits per heavy atom. The molecule has 0 radical (unpaired) electrons. The lowest BCUT2D eigenvalue weighted by Crippen LogP contribution is -2.26. The largest absolute Gasteiger partial charge is 0.491 e. The number of thioether (sulfide) groups is 1. The molecule has 3 rings (SSSR count). The zero-order valence-electron chi connectivity index (χ0n) is 16.0. The topological polar surface area (TPSA) is 73.6 Å². The SMILES string of the molecule is COCCn1c(SC[C@@H](O)COc2ccccc2C)nc2ccccc2c1=O. The summed E-state index contributed by atoms with van der Waals surface area (Å²) in [5, 5.41) is 11.5. The van der Waals surface area contributed by atoms with E-state index in [-0.39, 0.29) is 12.2 Å². The van der Waals surface area contributed by atoms with Crippen LogP contribution in [0.3, 0.4) is 0 Å². The van der Waals surface area contributed by atoms with E-state index in [1.165, 1.54) is 11.8 Å². The number of benzene rings is 2. The third-order valence-corrected chi connectivity index (χ3v) is 5.40. The van der Waals surface area contributed by atoms with Crippen molar-refractivity contribution in [3.8, 4) is 5.75 Å². The number of methoxy groups -OCH3 is 1. The second kappa shape index (κ2) is 9.73. The van der Waals surface area contributed by atoms with E-state index in [4.69, 9.17) is 9.47 Å². The van der Waals surface area contributed by atoms with E-state index < -0.39 is 6.10 Å². The molecule has 0 aliphatic heterocycles. The van der Waals surface area contributed by atoms with Crippen molar-refractivity contribution in [2.75, 3.05) is 26.1 Å². The Bertz CT molecular complexity index is 990. The highest BCUT2D eigenvalue weighted by molar-refractivity contribution is 7.99. The molecule has 3 aromatic rings. The molecule has 0 bridgehead atoms. The molecule has 28 heavy (non-hydrogen) atoms. The van der Waals surface area contributed by atoms with E-state index in [1.54, 1.807) is 17.7 Å². The summed E-state index contributed by atoms with van der Waals surface area (Å²) in [6.07, 6.45) is -0.691. The molecule has 0 saturated heterocycles. The number of para-hydroxylation sites is 2. The summed E-state index contributed by atoms with van der Waals surface area (Å²) in [6.45, 7) is 2.95. The second-order valence-corrected chi connectivity index (χ2v) is 7.39. The Morgan fingerprint density at radius 1 is 1.18 bits per heavy atom. The van der Waals surface area contributed by atoms with Crippen molar-refractivity contribution in [3.63, 3.8) is 0 Å². The molecule has 2 aromatic carbocycles. The smallest absolute Gasteiger partial charge is 0.262 e. The first kappa shape index (κ1) is 20.4. The number of fused-ring (bicyclic) bond motifs is 1. The van der Waals surface area contributed by atoms with E-state index in [1.807, 2.05) is 49.4 Å². The van der Waals surface area contributed by atoms with E-state index in [2.05, 4.69) is 4.98 Å². The van der Waals surface area contributed by atoms with Gasteiger partial charge in [-0.3, -0.25) is 9.36 Å². The molecule has 0 saturated carbocycles. The van der Waals surface area contributed by atoms with Gasteiger partial charge in [0.15, 0.2) is 5.16 Å². The maximum atomic E-state index is 12.8. The average molecular weight is 401 g/mol. The molecule has 0 aliphatic carbocycles. The first-order valence-corrected chi connectivity index (χ1v) is 10.1. The Kier molecular flexibility index (Phi) is 7.08. The first-order chi connectivity index (χ1) is 13.6. The minimum Gasteiger partial charge on any atom is -0.491 e. The highest BCUT2D eigenvalue weighted by Gasteiger charge is 2.14. The van der Waals surface area contributed by atoms with Crippen LogP contribution in [0.1, 0.15) is 5.56 Å². The molecule has 0 amide bonds. The summed E-state index contributed by atoms with van der Waals surface area (Å²) < 4.78 is 12.4. The molecule has 1 N–H and O–H groups in total. The highest BCUT2D eigenvalue weighted by atomic mass is 32.2. The van der Waals surface area contributed by atoms with Gasteiger partial charge in [-0.2, -0.15) is 0 Å². The molecule has 0 aliphatic rings. The van der Waals surface area contributed by atoms with Gasteiger partial charge >= 0.3 is 0 Å². The van der Waals surface area contributed by atoms with Gasteiger partial charge < -0.3 is 14.6 Å². The molecule has 0 spiro atoms. The van der Waals surface area contributed by atoms with Crippen LogP contribution in [0.15, 0.2) is 58.5 Å². The van der Waals surface area contributed by atoms with Crippen LogP contribution in [0.2, 0.25) is 0 Å². The van der Waals surface area contributed by atoms with E-state index >= 15 is 0 Å². The normalized spacial score (nSPS) is 12.2. The Labute approximate surface area is 168 Å². The van der Waals surface area contributed by atoms with Crippen LogP contribution in [-0.4, -0.2) is 46.8 Å². The zero-order valence-corrected chi connectivity index (χ0v) is 16.8. The number of nitrogens with zero attached hydrogens (tertiary/aromatic N) is 2. The monoisotopic (exact) mass is 400 g/mol. The van der Waals surface area contributed by atoms with Gasteiger partial charge in [0, 0.05) is 12.9 Å². The van der Waals surface area contributed by atoms with Crippen molar-refractivity contribution in [1.29, 1.82) is 0 Å². The van der Waals surface area contributed by atoms with Crippen LogP contribution in [0.25, 0.3) is 10.9 Å². The summed E-state index contributed by atoms with van der Waals surface area (Å²) in [7, 11) is 1.60. The third-order valence-electron chi connectivity index (χ3n) is 4.28. The number of ether oxygens (including phenoxy) is 2. The predicted octanol–water partition coefficient (Wildman–Crippen LogP) is 2.88. The van der Waals surface area contributed by atoms with Gasteiger partial charge in [-0.05, 0) is 30.7 Å². The number of aliphatic hydroxyl groups excluding tert-OH is 1. The molecule has 1 heterocycles. The zero-order chi connectivity index (χ0) is 19.9. The summed E-state index contributed by atoms with van der Waals surface area (Å²) in [6, 6.07) is 15.0. The van der Waals surface area contributed by atoms with E-state index in [0.717, 1.165) is 11.3 Å². The predicted molar refractivity (Wildman–Crippen MR) is 111 cm³/mol. The van der Waals surface area contributed by atoms with Crippen molar-refractivity contribution in [2.24, 2.45) is 0 Å². The molecular weight excluding hydrogens is 376 g/mol. The van der Waals surface area contributed by atoms with Gasteiger partial charge in [-0.1, -0.05) is 42.1 Å². The number of hydrogen-bond donors (Lipinski definition) is 1. The van der Waals surface area contributed by atoms with Gasteiger partial charge in [0.1, 0.15) is 12.4 Å². The summed E-state index contributed by atoms with van der Waals surface area (Å²) in [5.74, 6) is 1.12. The number of aryl methyl sites for hydroxylation is 1. The van der Waals surface area contributed by atoms with Gasteiger partial charge in [-0.15, -0.1) is 0 Å². The summed E-state index contributed by atoms with van der Waals surface area (Å²) in [4.78, 5) is 17.4. The van der Waals surface area contributed by atoms with Crippen LogP contribution in [0, 0.1) is 6.92 Å². The van der Waals surface area contributed by atoms with Crippen molar-refractivity contribution in [3.05, 3.63) is 64.4 Å². The van der Waals surface area contributed by atoms with E-state index in [0.29, 0.717) is 35.0 Å². The minimum atomic E-state index is -0.691. The Balaban J connectivity index is 1.72. The number of rotatable bonds is 9. The van der Waals surface area contributed by atoms with Gasteiger partial charge in [0.05, 0.1) is 30.2 Å². The standard InChI is InChI=1S/C21H24N2O4S/c1-15-7-3-6-10-19(15)27-13-16(24)14-28-21-22-18-9-5-4-8-17(18)20(25)23(21)11-12-26-2/h3-10,16,24H,11-14H2,1-2H3/t16-/m0/s1. The number of aromatic nitrogens is 2. The highest BCUT2D eigenvalue weighted by Crippen LogP contribution is 2.20.